The van der Waals surface area contributed by atoms with Gasteiger partial charge in [0.15, 0.2) is 0 Å². The third kappa shape index (κ3) is 7.47. The minimum absolute atomic E-state index is 0.0193. The number of para-hydroxylation sites is 1. The van der Waals surface area contributed by atoms with Crippen LogP contribution in [0.5, 0.6) is 0 Å². The summed E-state index contributed by atoms with van der Waals surface area (Å²) in [5.41, 5.74) is 2.42. The molecular weight excluding hydrogens is 528 g/mol. The zero-order chi connectivity index (χ0) is 29.4. The third-order valence-electron chi connectivity index (χ3n) is 9.14. The average molecular weight is 573 g/mol. The van der Waals surface area contributed by atoms with E-state index < -0.39 is 11.5 Å². The molecule has 2 fully saturated rings. The van der Waals surface area contributed by atoms with Gasteiger partial charge in [-0.2, -0.15) is 0 Å². The Labute approximate surface area is 249 Å². The number of piperidine rings is 1. The normalized spacial score (nSPS) is 25.7. The van der Waals surface area contributed by atoms with Gasteiger partial charge in [-0.05, 0) is 61.6 Å². The molecule has 5 rings (SSSR count). The van der Waals surface area contributed by atoms with E-state index in [1.165, 1.54) is 0 Å². The number of aryl methyl sites for hydroxylation is 1. The van der Waals surface area contributed by atoms with Crippen LogP contribution in [0.3, 0.4) is 0 Å². The van der Waals surface area contributed by atoms with Gasteiger partial charge in [0.1, 0.15) is 6.04 Å². The molecule has 2 aromatic carbocycles. The van der Waals surface area contributed by atoms with E-state index in [2.05, 4.69) is 39.9 Å². The lowest BCUT2D eigenvalue weighted by Gasteiger charge is -2.40. The Hall–Kier alpha value is -3.49. The number of allylic oxidation sites excluding steroid dienone is 2. The molecule has 2 saturated heterocycles. The molecule has 42 heavy (non-hydrogen) atoms. The van der Waals surface area contributed by atoms with Crippen LogP contribution in [0.1, 0.15) is 50.2 Å². The molecule has 3 N–H and O–H groups in total. The molecule has 3 amide bonds. The van der Waals surface area contributed by atoms with Gasteiger partial charge in [-0.3, -0.25) is 19.3 Å². The molecule has 0 radical (unpaired) electrons. The third-order valence-corrected chi connectivity index (χ3v) is 9.14. The van der Waals surface area contributed by atoms with Crippen LogP contribution in [-0.2, 0) is 32.0 Å². The van der Waals surface area contributed by atoms with Gasteiger partial charge in [0.2, 0.25) is 17.7 Å². The lowest BCUT2D eigenvalue weighted by molar-refractivity contribution is -0.140. The van der Waals surface area contributed by atoms with Gasteiger partial charge in [0, 0.05) is 44.5 Å². The van der Waals surface area contributed by atoms with Gasteiger partial charge in [0.25, 0.3) is 0 Å². The molecule has 0 bridgehead atoms. The van der Waals surface area contributed by atoms with E-state index in [1.54, 1.807) is 0 Å². The molecule has 3 aliphatic heterocycles. The summed E-state index contributed by atoms with van der Waals surface area (Å²) in [7, 11) is 0. The molecule has 224 valence electrons. The Balaban J connectivity index is 1.31. The Kier molecular flexibility index (Phi) is 10.1. The number of benzene rings is 2. The number of nitrogens with one attached hydrogen (secondary N) is 3. The summed E-state index contributed by atoms with van der Waals surface area (Å²) in [6, 6.07) is 17.1. The van der Waals surface area contributed by atoms with Crippen molar-refractivity contribution in [2.24, 2.45) is 11.3 Å². The van der Waals surface area contributed by atoms with Gasteiger partial charge in [-0.25, -0.2) is 0 Å². The Morgan fingerprint density at radius 1 is 1.02 bits per heavy atom. The lowest BCUT2D eigenvalue weighted by atomic mass is 9.75. The second kappa shape index (κ2) is 14.1. The van der Waals surface area contributed by atoms with Crippen LogP contribution in [0, 0.1) is 11.3 Å². The molecule has 0 unspecified atom stereocenters. The van der Waals surface area contributed by atoms with E-state index in [9.17, 15) is 14.4 Å². The van der Waals surface area contributed by atoms with Gasteiger partial charge in [-0.15, -0.1) is 0 Å². The fourth-order valence-electron chi connectivity index (χ4n) is 6.54. The highest BCUT2D eigenvalue weighted by Gasteiger charge is 2.41. The number of likely N-dealkylation sites (tertiary alicyclic amines) is 1. The summed E-state index contributed by atoms with van der Waals surface area (Å²) in [5.74, 6) is -0.0625. The van der Waals surface area contributed by atoms with Crippen LogP contribution in [0.2, 0.25) is 0 Å². The molecule has 8 heteroatoms. The summed E-state index contributed by atoms with van der Waals surface area (Å²) in [6.07, 6.45) is 9.03. The van der Waals surface area contributed by atoms with Gasteiger partial charge >= 0.3 is 0 Å². The predicted octanol–water partition coefficient (Wildman–Crippen LogP) is 3.87. The quantitative estimate of drug-likeness (QED) is 0.457. The van der Waals surface area contributed by atoms with E-state index in [4.69, 9.17) is 4.74 Å². The van der Waals surface area contributed by atoms with Crippen molar-refractivity contribution in [3.63, 3.8) is 0 Å². The average Bonchev–Trinajstić information content (AvgIpc) is 3.00. The Morgan fingerprint density at radius 2 is 1.79 bits per heavy atom. The van der Waals surface area contributed by atoms with Crippen LogP contribution in [-0.4, -0.2) is 67.6 Å². The number of rotatable bonds is 6. The predicted molar refractivity (Wildman–Crippen MR) is 164 cm³/mol. The van der Waals surface area contributed by atoms with Crippen molar-refractivity contribution in [2.45, 2.75) is 64.0 Å². The van der Waals surface area contributed by atoms with Crippen molar-refractivity contribution >= 4 is 23.4 Å². The molecule has 3 atom stereocenters. The Morgan fingerprint density at radius 3 is 2.57 bits per heavy atom. The molecule has 3 aliphatic rings. The highest BCUT2D eigenvalue weighted by atomic mass is 16.5. The maximum atomic E-state index is 13.8. The van der Waals surface area contributed by atoms with E-state index in [-0.39, 0.29) is 29.7 Å². The van der Waals surface area contributed by atoms with Crippen LogP contribution in [0.4, 0.5) is 5.69 Å². The van der Waals surface area contributed by atoms with Gasteiger partial charge in [0.05, 0.1) is 12.0 Å². The fraction of sp³-hybridized carbons (Fsp3) is 0.500. The standard InChI is InChI=1S/C34H44N4O4/c1-2-26-12-6-7-14-28(26)35-31(39)24-38-19-15-29-27(23-38)13-8-9-16-34(17-20-42-21-18-34)33(41)37-30(32(40)36-29)22-25-10-4-3-5-11-25/h3-12,14,27,29-30H,2,13,15-24H2,1H3,(H,35,39)(H,36,40)(H,37,41)/b9-8+/t27-,29+,30+/m1/s1. The van der Waals surface area contributed by atoms with Crippen molar-refractivity contribution in [1.29, 1.82) is 0 Å². The number of fused-ring (bicyclic) bond motifs is 1. The van der Waals surface area contributed by atoms with Crippen LogP contribution < -0.4 is 16.0 Å². The van der Waals surface area contributed by atoms with Crippen LogP contribution in [0.25, 0.3) is 0 Å². The number of carbonyl (C=O) groups is 3. The van der Waals surface area contributed by atoms with E-state index >= 15 is 0 Å². The smallest absolute Gasteiger partial charge is 0.243 e. The first-order valence-corrected chi connectivity index (χ1v) is 15.4. The van der Waals surface area contributed by atoms with Crippen molar-refractivity contribution < 1.29 is 19.1 Å². The largest absolute Gasteiger partial charge is 0.381 e. The highest BCUT2D eigenvalue weighted by molar-refractivity contribution is 5.93. The van der Waals surface area contributed by atoms with Crippen molar-refractivity contribution in [1.82, 2.24) is 15.5 Å². The summed E-state index contributed by atoms with van der Waals surface area (Å²) < 4.78 is 5.60. The first-order chi connectivity index (χ1) is 20.5. The second-order valence-corrected chi connectivity index (χ2v) is 12.0. The monoisotopic (exact) mass is 572 g/mol. The number of hydrogen-bond donors (Lipinski definition) is 3. The number of hydrogen-bond acceptors (Lipinski definition) is 5. The Bertz CT molecular complexity index is 1260. The van der Waals surface area contributed by atoms with Gasteiger partial charge in [-0.1, -0.05) is 67.6 Å². The number of nitrogens with zero attached hydrogens (tertiary/aromatic N) is 1. The zero-order valence-corrected chi connectivity index (χ0v) is 24.6. The fourth-order valence-corrected chi connectivity index (χ4v) is 6.54. The summed E-state index contributed by atoms with van der Waals surface area (Å²) in [6.45, 7) is 4.91. The van der Waals surface area contributed by atoms with E-state index in [0.717, 1.165) is 36.1 Å². The first-order valence-electron chi connectivity index (χ1n) is 15.4. The van der Waals surface area contributed by atoms with Gasteiger partial charge < -0.3 is 20.7 Å². The van der Waals surface area contributed by atoms with Crippen LogP contribution in [0.15, 0.2) is 66.7 Å². The number of ether oxygens (including phenoxy) is 1. The second-order valence-electron chi connectivity index (χ2n) is 12.0. The van der Waals surface area contributed by atoms with Crippen molar-refractivity contribution in [3.8, 4) is 0 Å². The molecule has 3 heterocycles. The molecule has 1 spiro atoms. The molecule has 0 aromatic heterocycles. The van der Waals surface area contributed by atoms with Crippen molar-refractivity contribution in [3.05, 3.63) is 77.9 Å². The SMILES string of the molecule is CCc1ccccc1NC(=O)CN1CC[C@@H]2NC(=O)[C@H](Cc3ccccc3)NC(=O)C3(C/C=C/C[C@@H]2C1)CCOCC3. The van der Waals surface area contributed by atoms with Crippen molar-refractivity contribution in [2.75, 3.05) is 38.2 Å². The minimum atomic E-state index is -0.661. The number of amides is 3. The molecule has 0 aliphatic carbocycles. The maximum Gasteiger partial charge on any atom is 0.243 e. The van der Waals surface area contributed by atoms with E-state index in [0.29, 0.717) is 58.5 Å². The minimum Gasteiger partial charge on any atom is -0.381 e. The topological polar surface area (TPSA) is 99.8 Å². The summed E-state index contributed by atoms with van der Waals surface area (Å²) in [5, 5.41) is 9.56. The lowest BCUT2D eigenvalue weighted by Crippen LogP contribution is -2.58. The van der Waals surface area contributed by atoms with Crippen LogP contribution >= 0.6 is 0 Å². The molecular formula is C34H44N4O4. The van der Waals surface area contributed by atoms with E-state index in [1.807, 2.05) is 54.6 Å². The number of carbonyl (C=O) groups excluding carboxylic acids is 3. The molecule has 8 nitrogen and oxygen atoms in total. The first kappa shape index (κ1) is 30.0. The number of anilines is 1. The highest BCUT2D eigenvalue weighted by Crippen LogP contribution is 2.36. The molecule has 0 saturated carbocycles. The molecule has 2 aromatic rings. The maximum absolute atomic E-state index is 13.8. The zero-order valence-electron chi connectivity index (χ0n) is 24.6. The summed E-state index contributed by atoms with van der Waals surface area (Å²) >= 11 is 0. The summed E-state index contributed by atoms with van der Waals surface area (Å²) in [4.78, 5) is 42.7.